The van der Waals surface area contributed by atoms with E-state index in [1.807, 2.05) is 6.92 Å². The molecule has 0 aromatic heterocycles. The van der Waals surface area contributed by atoms with Gasteiger partial charge in [-0.1, -0.05) is 88.5 Å². The van der Waals surface area contributed by atoms with Gasteiger partial charge in [-0.2, -0.15) is 0 Å². The van der Waals surface area contributed by atoms with Gasteiger partial charge >= 0.3 is 0 Å². The van der Waals surface area contributed by atoms with Gasteiger partial charge in [0.05, 0.1) is 0 Å². The van der Waals surface area contributed by atoms with Gasteiger partial charge in [0.1, 0.15) is 0 Å². The van der Waals surface area contributed by atoms with Crippen LogP contribution in [0.5, 0.6) is 0 Å². The van der Waals surface area contributed by atoms with Crippen molar-refractivity contribution in [3.05, 3.63) is 21.3 Å². The van der Waals surface area contributed by atoms with Crippen LogP contribution in [0.4, 0.5) is 0 Å². The molecular weight excluding hydrogens is 367 g/mol. The average molecular weight is 414 g/mol. The first-order chi connectivity index (χ1) is 11.5. The Morgan fingerprint density at radius 2 is 0.769 bits per heavy atom. The Hall–Kier alpha value is 0.346. The molecule has 0 aliphatic carbocycles. The molecule has 0 fully saturated rings. The van der Waals surface area contributed by atoms with E-state index in [1.54, 1.807) is 0 Å². The molecule has 0 rings (SSSR count). The third-order valence-electron chi connectivity index (χ3n) is 3.53. The van der Waals surface area contributed by atoms with Crippen LogP contribution in [0.25, 0.3) is 21.3 Å². The molecule has 0 saturated heterocycles. The van der Waals surface area contributed by atoms with Gasteiger partial charge in [0, 0.05) is 16.8 Å². The van der Waals surface area contributed by atoms with Crippen LogP contribution in [0.1, 0.15) is 95.4 Å². The summed E-state index contributed by atoms with van der Waals surface area (Å²) in [7, 11) is 0. The number of hydrogen-bond donors (Lipinski definition) is 0. The van der Waals surface area contributed by atoms with Crippen LogP contribution in [0.2, 0.25) is 0 Å². The minimum atomic E-state index is 0. The molecule has 0 aromatic carbocycles. The fraction of sp³-hybridized carbons (Fsp3) is 1.00. The molecule has 163 valence electrons. The Bertz CT molecular complexity index is 257. The maximum Gasteiger partial charge on any atom is 0 e. The van der Waals surface area contributed by atoms with Crippen molar-refractivity contribution in [1.82, 2.24) is 0 Å². The monoisotopic (exact) mass is 413 g/mol. The minimum absolute atomic E-state index is 0. The average Bonchev–Trinajstić information content (AvgIpc) is 2.43. The molecule has 0 aliphatic rings. The molecule has 26 heavy (non-hydrogen) atoms. The van der Waals surface area contributed by atoms with Crippen LogP contribution < -0.4 is 0 Å². The van der Waals surface area contributed by atoms with E-state index in [9.17, 15) is 0 Å². The zero-order chi connectivity index (χ0) is 20.0. The summed E-state index contributed by atoms with van der Waals surface area (Å²) in [6, 6.07) is 2.70. The minimum Gasteiger partial charge on any atom is -0.676 e. The van der Waals surface area contributed by atoms with E-state index >= 15 is 0 Å². The molecule has 2 unspecified atom stereocenters. The second kappa shape index (κ2) is 18.7. The maximum absolute atomic E-state index is 4.73. The number of rotatable bonds is 12. The molecule has 0 amide bonds. The predicted octanol–water partition coefficient (Wildman–Crippen LogP) is 7.39. The molecule has 0 bridgehead atoms. The number of hydrogen-bond acceptors (Lipinski definition) is 0. The quantitative estimate of drug-likeness (QED) is 0.320. The van der Waals surface area contributed by atoms with E-state index in [2.05, 4.69) is 79.9 Å². The second-order valence-corrected chi connectivity index (χ2v) is 7.96. The topological polar surface area (TPSA) is 56.4 Å². The van der Waals surface area contributed by atoms with Crippen molar-refractivity contribution in [2.45, 2.75) is 138 Å². The summed E-state index contributed by atoms with van der Waals surface area (Å²) in [5.74, 6) is 0. The number of nitrogens with zero attached hydrogens (tertiary/aromatic N) is 4. The van der Waals surface area contributed by atoms with Gasteiger partial charge in [-0.15, -0.1) is 43.2 Å². The van der Waals surface area contributed by atoms with Crippen LogP contribution in [0, 0.1) is 0 Å². The smallest absolute Gasteiger partial charge is 0 e. The normalized spacial score (nSPS) is 13.8. The maximum atomic E-state index is 4.73. The van der Waals surface area contributed by atoms with Gasteiger partial charge in [0.25, 0.3) is 0 Å². The molecule has 0 aliphatic heterocycles. The van der Waals surface area contributed by atoms with Crippen LogP contribution in [0.3, 0.4) is 0 Å². The zero-order valence-corrected chi connectivity index (χ0v) is 20.3. The molecule has 0 saturated carbocycles. The summed E-state index contributed by atoms with van der Waals surface area (Å²) >= 11 is 0. The Balaban J connectivity index is -0.000000422. The van der Waals surface area contributed by atoms with E-state index in [0.29, 0.717) is 36.3 Å². The van der Waals surface area contributed by atoms with E-state index in [4.69, 9.17) is 10.6 Å². The van der Waals surface area contributed by atoms with E-state index in [-0.39, 0.29) is 22.9 Å². The molecule has 2 atom stereocenters. The van der Waals surface area contributed by atoms with Gasteiger partial charge in [-0.3, -0.25) is 0 Å². The van der Waals surface area contributed by atoms with Crippen molar-refractivity contribution < 1.29 is 16.8 Å². The van der Waals surface area contributed by atoms with Crippen LogP contribution in [-0.2, 0) is 16.8 Å². The Morgan fingerprint density at radius 3 is 0.962 bits per heavy atom. The van der Waals surface area contributed by atoms with Crippen molar-refractivity contribution in [2.24, 2.45) is 0 Å². The fourth-order valence-corrected chi connectivity index (χ4v) is 2.72. The van der Waals surface area contributed by atoms with E-state index in [1.165, 1.54) is 0 Å². The Kier molecular flexibility index (Phi) is 22.3. The Labute approximate surface area is 176 Å². The molecule has 5 heteroatoms. The van der Waals surface area contributed by atoms with Crippen LogP contribution >= 0.6 is 0 Å². The van der Waals surface area contributed by atoms with Gasteiger partial charge in [-0.05, 0) is 0 Å². The first kappa shape index (κ1) is 31.1. The third kappa shape index (κ3) is 22.4. The first-order valence-electron chi connectivity index (χ1n) is 10.3. The van der Waals surface area contributed by atoms with Gasteiger partial charge in [0.2, 0.25) is 0 Å². The van der Waals surface area contributed by atoms with E-state index in [0.717, 1.165) is 19.3 Å². The summed E-state index contributed by atoms with van der Waals surface area (Å²) < 4.78 is 0. The fourth-order valence-electron chi connectivity index (χ4n) is 2.72. The van der Waals surface area contributed by atoms with Crippen LogP contribution in [0.15, 0.2) is 0 Å². The van der Waals surface area contributed by atoms with Crippen LogP contribution in [-0.4, -0.2) is 42.4 Å². The molecule has 0 spiro atoms. The summed E-state index contributed by atoms with van der Waals surface area (Å²) in [6.07, 6.45) is 3.58. The molecule has 4 nitrogen and oxygen atoms in total. The second-order valence-electron chi connectivity index (χ2n) is 7.96. The molecule has 0 N–H and O–H groups in total. The van der Waals surface area contributed by atoms with Crippen molar-refractivity contribution in [3.63, 3.8) is 0 Å². The molecule has 1 radical (unpaired) electrons. The molecular formula is C21H46CoN4-4. The van der Waals surface area contributed by atoms with Gasteiger partial charge in [-0.25, -0.2) is 6.17 Å². The summed E-state index contributed by atoms with van der Waals surface area (Å²) in [4.78, 5) is 0. The molecule has 0 heterocycles. The summed E-state index contributed by atoms with van der Waals surface area (Å²) in [6.45, 7) is 23.4. The SMILES string of the molecule is CC(C)[N-]C(C)[N-]C(C)C.CCC(CC(CC)[N-]C(C)C)[N-]C(C)C.[Co]. The predicted molar refractivity (Wildman–Crippen MR) is 116 cm³/mol. The van der Waals surface area contributed by atoms with Gasteiger partial charge in [0.15, 0.2) is 0 Å². The Morgan fingerprint density at radius 1 is 0.500 bits per heavy atom. The van der Waals surface area contributed by atoms with Crippen molar-refractivity contribution in [2.75, 3.05) is 0 Å². The standard InChI is InChI=1S/C13H28N2.C8H18N2.Co/c1-7-12(14-10(3)4)9-13(8-2)15-11(5)6;1-6(2)9-8(5)10-7(3)4;/h10-13H,7-9H2,1-6H3;6-8H,1-5H3;/q2*-2;. The van der Waals surface area contributed by atoms with Gasteiger partial charge < -0.3 is 21.3 Å². The zero-order valence-electron chi connectivity index (χ0n) is 19.3. The third-order valence-corrected chi connectivity index (χ3v) is 3.53. The van der Waals surface area contributed by atoms with Crippen molar-refractivity contribution in [3.8, 4) is 0 Å². The summed E-state index contributed by atoms with van der Waals surface area (Å²) in [5, 5.41) is 18.2. The first-order valence-corrected chi connectivity index (χ1v) is 10.3. The summed E-state index contributed by atoms with van der Waals surface area (Å²) in [5.41, 5.74) is 0. The van der Waals surface area contributed by atoms with Crippen molar-refractivity contribution >= 4 is 0 Å². The largest absolute Gasteiger partial charge is 0.676 e. The van der Waals surface area contributed by atoms with E-state index < -0.39 is 0 Å². The molecule has 0 aromatic rings. The van der Waals surface area contributed by atoms with Crippen molar-refractivity contribution in [1.29, 1.82) is 0 Å².